The Bertz CT molecular complexity index is 687. The molecule has 0 amide bonds. The van der Waals surface area contributed by atoms with Crippen molar-refractivity contribution in [3.05, 3.63) is 71.8 Å². The number of hydrogen-bond acceptors (Lipinski definition) is 5. The van der Waals surface area contributed by atoms with Crippen LogP contribution in [0, 0.1) is 0 Å². The van der Waals surface area contributed by atoms with E-state index < -0.39 is 11.9 Å². The third-order valence-electron chi connectivity index (χ3n) is 4.36. The van der Waals surface area contributed by atoms with E-state index in [4.69, 9.17) is 9.47 Å². The van der Waals surface area contributed by atoms with E-state index in [9.17, 15) is 9.59 Å². The Kier molecular flexibility index (Phi) is 6.02. The van der Waals surface area contributed by atoms with Gasteiger partial charge in [0.05, 0.1) is 12.6 Å². The maximum Gasteiger partial charge on any atom is 0.317 e. The van der Waals surface area contributed by atoms with Crippen molar-refractivity contribution < 1.29 is 19.1 Å². The van der Waals surface area contributed by atoms with Crippen LogP contribution in [-0.2, 0) is 19.1 Å². The van der Waals surface area contributed by atoms with Crippen LogP contribution in [-0.4, -0.2) is 42.6 Å². The molecule has 0 spiro atoms. The maximum absolute atomic E-state index is 11.8. The van der Waals surface area contributed by atoms with E-state index in [2.05, 4.69) is 29.2 Å². The van der Waals surface area contributed by atoms with Gasteiger partial charge in [-0.25, -0.2) is 0 Å². The van der Waals surface area contributed by atoms with Gasteiger partial charge in [0.25, 0.3) is 0 Å². The van der Waals surface area contributed by atoms with Crippen LogP contribution >= 0.6 is 0 Å². The fourth-order valence-corrected chi connectivity index (χ4v) is 3.20. The van der Waals surface area contributed by atoms with E-state index >= 15 is 0 Å². The lowest BCUT2D eigenvalue weighted by Gasteiger charge is -2.43. The minimum absolute atomic E-state index is 0.123. The van der Waals surface area contributed by atoms with Gasteiger partial charge in [0.15, 0.2) is 0 Å². The fourth-order valence-electron chi connectivity index (χ4n) is 3.20. The van der Waals surface area contributed by atoms with Crippen LogP contribution in [0.5, 0.6) is 0 Å². The first kappa shape index (κ1) is 18.1. The second kappa shape index (κ2) is 8.63. The second-order valence-electron chi connectivity index (χ2n) is 6.27. The van der Waals surface area contributed by atoms with E-state index in [1.165, 1.54) is 11.1 Å². The summed E-state index contributed by atoms with van der Waals surface area (Å²) in [6, 6.07) is 20.7. The molecule has 5 nitrogen and oxygen atoms in total. The van der Waals surface area contributed by atoms with E-state index in [0.717, 1.165) is 0 Å². The summed E-state index contributed by atoms with van der Waals surface area (Å²) in [7, 11) is 0. The zero-order valence-corrected chi connectivity index (χ0v) is 14.8. The molecular weight excluding hydrogens is 330 g/mol. The number of benzene rings is 2. The molecule has 0 unspecified atom stereocenters. The molecule has 1 aliphatic rings. The normalized spacial score (nSPS) is 14.7. The Morgan fingerprint density at radius 1 is 0.962 bits per heavy atom. The third kappa shape index (κ3) is 4.49. The van der Waals surface area contributed by atoms with Gasteiger partial charge in [0.2, 0.25) is 0 Å². The number of ether oxygens (including phenoxy) is 2. The van der Waals surface area contributed by atoms with Gasteiger partial charge in [-0.1, -0.05) is 60.7 Å². The highest BCUT2D eigenvalue weighted by molar-refractivity contribution is 5.91. The first-order valence-electron chi connectivity index (χ1n) is 8.86. The topological polar surface area (TPSA) is 55.8 Å². The SMILES string of the molecule is CCOC(=O)CC(=O)OC1CN(C(c2ccccc2)c2ccccc2)C1. The molecule has 1 aliphatic heterocycles. The van der Waals surface area contributed by atoms with Crippen molar-refractivity contribution in [2.75, 3.05) is 19.7 Å². The van der Waals surface area contributed by atoms with Crippen molar-refractivity contribution in [2.24, 2.45) is 0 Å². The molecule has 2 aromatic carbocycles. The summed E-state index contributed by atoms with van der Waals surface area (Å²) < 4.78 is 10.1. The van der Waals surface area contributed by atoms with Gasteiger partial charge in [-0.3, -0.25) is 14.5 Å². The van der Waals surface area contributed by atoms with Crippen LogP contribution in [0.2, 0.25) is 0 Å². The van der Waals surface area contributed by atoms with Crippen LogP contribution in [0.3, 0.4) is 0 Å². The lowest BCUT2D eigenvalue weighted by molar-refractivity contribution is -0.164. The quantitative estimate of drug-likeness (QED) is 0.566. The van der Waals surface area contributed by atoms with Gasteiger partial charge >= 0.3 is 11.9 Å². The summed E-state index contributed by atoms with van der Waals surface area (Å²) in [4.78, 5) is 25.4. The van der Waals surface area contributed by atoms with E-state index in [1.807, 2.05) is 36.4 Å². The molecule has 0 N–H and O–H groups in total. The molecule has 26 heavy (non-hydrogen) atoms. The fraction of sp³-hybridized carbons (Fsp3) is 0.333. The highest BCUT2D eigenvalue weighted by atomic mass is 16.6. The predicted octanol–water partition coefficient (Wildman–Crippen LogP) is 2.96. The van der Waals surface area contributed by atoms with E-state index in [0.29, 0.717) is 13.1 Å². The number of rotatable bonds is 7. The standard InChI is InChI=1S/C21H23NO4/c1-2-25-19(23)13-20(24)26-18-14-22(15-18)21(16-9-5-3-6-10-16)17-11-7-4-8-12-17/h3-12,18,21H,2,13-15H2,1H3. The van der Waals surface area contributed by atoms with Crippen LogP contribution in [0.1, 0.15) is 30.5 Å². The molecule has 3 rings (SSSR count). The van der Waals surface area contributed by atoms with Crippen molar-refractivity contribution in [3.63, 3.8) is 0 Å². The smallest absolute Gasteiger partial charge is 0.317 e. The molecule has 1 heterocycles. The Hall–Kier alpha value is -2.66. The summed E-state index contributed by atoms with van der Waals surface area (Å²) in [5.74, 6) is -1.07. The van der Waals surface area contributed by atoms with Crippen molar-refractivity contribution in [1.82, 2.24) is 4.90 Å². The van der Waals surface area contributed by atoms with Crippen molar-refractivity contribution in [3.8, 4) is 0 Å². The molecule has 0 bridgehead atoms. The highest BCUT2D eigenvalue weighted by Gasteiger charge is 2.36. The lowest BCUT2D eigenvalue weighted by Crippen LogP contribution is -2.54. The Morgan fingerprint density at radius 2 is 1.50 bits per heavy atom. The molecule has 2 aromatic rings. The van der Waals surface area contributed by atoms with Crippen LogP contribution in [0.4, 0.5) is 0 Å². The summed E-state index contributed by atoms with van der Waals surface area (Å²) in [5.41, 5.74) is 2.41. The summed E-state index contributed by atoms with van der Waals surface area (Å²) >= 11 is 0. The molecule has 0 atom stereocenters. The summed E-state index contributed by atoms with van der Waals surface area (Å²) in [6.45, 7) is 3.26. The van der Waals surface area contributed by atoms with Gasteiger partial charge in [0, 0.05) is 13.1 Å². The molecule has 1 fully saturated rings. The van der Waals surface area contributed by atoms with Crippen molar-refractivity contribution in [1.29, 1.82) is 0 Å². The van der Waals surface area contributed by atoms with E-state index in [1.54, 1.807) is 6.92 Å². The molecule has 5 heteroatoms. The number of esters is 2. The van der Waals surface area contributed by atoms with Gasteiger partial charge in [0.1, 0.15) is 12.5 Å². The summed E-state index contributed by atoms with van der Waals surface area (Å²) in [6.07, 6.45) is -0.516. The Balaban J connectivity index is 1.61. The zero-order valence-electron chi connectivity index (χ0n) is 14.8. The maximum atomic E-state index is 11.8. The second-order valence-corrected chi connectivity index (χ2v) is 6.27. The van der Waals surface area contributed by atoms with Crippen LogP contribution in [0.15, 0.2) is 60.7 Å². The zero-order chi connectivity index (χ0) is 18.4. The van der Waals surface area contributed by atoms with E-state index in [-0.39, 0.29) is 25.2 Å². The van der Waals surface area contributed by atoms with Crippen molar-refractivity contribution in [2.45, 2.75) is 25.5 Å². The number of hydrogen-bond donors (Lipinski definition) is 0. The molecule has 0 radical (unpaired) electrons. The average molecular weight is 353 g/mol. The molecule has 136 valence electrons. The predicted molar refractivity (Wildman–Crippen MR) is 97.4 cm³/mol. The number of nitrogens with zero attached hydrogens (tertiary/aromatic N) is 1. The summed E-state index contributed by atoms with van der Waals surface area (Å²) in [5, 5.41) is 0. The number of carbonyl (C=O) groups is 2. The monoisotopic (exact) mass is 353 g/mol. The van der Waals surface area contributed by atoms with Crippen LogP contribution < -0.4 is 0 Å². The minimum atomic E-state index is -0.542. The first-order chi connectivity index (χ1) is 12.7. The molecule has 0 aromatic heterocycles. The highest BCUT2D eigenvalue weighted by Crippen LogP contribution is 2.33. The molecule has 0 aliphatic carbocycles. The Labute approximate surface area is 153 Å². The first-order valence-corrected chi connectivity index (χ1v) is 8.86. The van der Waals surface area contributed by atoms with Gasteiger partial charge < -0.3 is 9.47 Å². The average Bonchev–Trinajstić information content (AvgIpc) is 2.62. The third-order valence-corrected chi connectivity index (χ3v) is 4.36. The van der Waals surface area contributed by atoms with Crippen LogP contribution in [0.25, 0.3) is 0 Å². The molecule has 0 saturated carbocycles. The lowest BCUT2D eigenvalue weighted by atomic mass is 9.94. The van der Waals surface area contributed by atoms with Gasteiger partial charge in [-0.2, -0.15) is 0 Å². The Morgan fingerprint density at radius 3 is 2.00 bits per heavy atom. The van der Waals surface area contributed by atoms with Gasteiger partial charge in [-0.05, 0) is 18.1 Å². The molecular formula is C21H23NO4. The minimum Gasteiger partial charge on any atom is -0.466 e. The molecule has 1 saturated heterocycles. The van der Waals surface area contributed by atoms with Gasteiger partial charge in [-0.15, -0.1) is 0 Å². The largest absolute Gasteiger partial charge is 0.466 e. The number of carbonyl (C=O) groups excluding carboxylic acids is 2. The number of likely N-dealkylation sites (tertiary alicyclic amines) is 1. The van der Waals surface area contributed by atoms with Crippen molar-refractivity contribution >= 4 is 11.9 Å².